The van der Waals surface area contributed by atoms with Crippen LogP contribution in [0, 0.1) is 5.92 Å². The van der Waals surface area contributed by atoms with Gasteiger partial charge in [-0.1, -0.05) is 39.5 Å². The summed E-state index contributed by atoms with van der Waals surface area (Å²) in [6.07, 6.45) is 9.64. The highest BCUT2D eigenvalue weighted by Gasteiger charge is 2.21. The number of hydrogen-bond acceptors (Lipinski definition) is 2. The monoisotopic (exact) mass is 227 g/mol. The van der Waals surface area contributed by atoms with Crippen LogP contribution in [0.15, 0.2) is 0 Å². The molecular weight excluding hydrogens is 198 g/mol. The molecule has 0 aliphatic heterocycles. The Bertz CT molecular complexity index is 170. The summed E-state index contributed by atoms with van der Waals surface area (Å²) < 4.78 is 6.07. The van der Waals surface area contributed by atoms with Crippen molar-refractivity contribution < 1.29 is 4.74 Å². The maximum absolute atomic E-state index is 6.07. The van der Waals surface area contributed by atoms with E-state index in [0.717, 1.165) is 12.5 Å². The predicted molar refractivity (Wildman–Crippen MR) is 69.7 cm³/mol. The van der Waals surface area contributed by atoms with E-state index < -0.39 is 0 Å². The molecule has 1 fully saturated rings. The van der Waals surface area contributed by atoms with Crippen LogP contribution >= 0.6 is 0 Å². The lowest BCUT2D eigenvalue weighted by Crippen LogP contribution is -2.40. The molecule has 2 unspecified atom stereocenters. The minimum Gasteiger partial charge on any atom is -0.377 e. The maximum Gasteiger partial charge on any atom is 0.0727 e. The molecule has 0 radical (unpaired) electrons. The van der Waals surface area contributed by atoms with E-state index in [1.165, 1.54) is 44.9 Å². The third-order valence-electron chi connectivity index (χ3n) is 3.60. The molecule has 96 valence electrons. The number of rotatable bonds is 5. The van der Waals surface area contributed by atoms with Gasteiger partial charge < -0.3 is 10.1 Å². The van der Waals surface area contributed by atoms with Gasteiger partial charge in [0.2, 0.25) is 0 Å². The summed E-state index contributed by atoms with van der Waals surface area (Å²) >= 11 is 0. The maximum atomic E-state index is 6.07. The molecule has 0 aromatic rings. The highest BCUT2D eigenvalue weighted by molar-refractivity contribution is 4.78. The molecule has 0 bridgehead atoms. The largest absolute Gasteiger partial charge is 0.377 e. The Hall–Kier alpha value is -0.0800. The van der Waals surface area contributed by atoms with E-state index in [4.69, 9.17) is 4.74 Å². The standard InChI is InChI=1S/C14H29NO/c1-12(2)10-11-16-14-9-7-5-4-6-8-13(14)15-3/h12-15H,4-11H2,1-3H3. The molecule has 1 aliphatic rings. The Labute approximate surface area is 101 Å². The lowest BCUT2D eigenvalue weighted by molar-refractivity contribution is 0.0103. The smallest absolute Gasteiger partial charge is 0.0727 e. The summed E-state index contributed by atoms with van der Waals surface area (Å²) in [5.41, 5.74) is 0. The Morgan fingerprint density at radius 2 is 1.81 bits per heavy atom. The van der Waals surface area contributed by atoms with Crippen molar-refractivity contribution in [3.05, 3.63) is 0 Å². The van der Waals surface area contributed by atoms with Crippen LogP contribution in [0.4, 0.5) is 0 Å². The van der Waals surface area contributed by atoms with E-state index in [2.05, 4.69) is 26.2 Å². The molecule has 1 saturated carbocycles. The first kappa shape index (κ1) is 14.0. The average molecular weight is 227 g/mol. The highest BCUT2D eigenvalue weighted by Crippen LogP contribution is 2.20. The Balaban J connectivity index is 2.31. The van der Waals surface area contributed by atoms with Crippen LogP contribution in [-0.4, -0.2) is 25.8 Å². The average Bonchev–Trinajstić information content (AvgIpc) is 2.21. The second-order valence-corrected chi connectivity index (χ2v) is 5.48. The van der Waals surface area contributed by atoms with Gasteiger partial charge in [-0.15, -0.1) is 0 Å². The minimum atomic E-state index is 0.448. The Morgan fingerprint density at radius 1 is 1.12 bits per heavy atom. The molecule has 1 rings (SSSR count). The van der Waals surface area contributed by atoms with Gasteiger partial charge in [-0.2, -0.15) is 0 Å². The number of ether oxygens (including phenoxy) is 1. The first-order valence-corrected chi connectivity index (χ1v) is 7.03. The lowest BCUT2D eigenvalue weighted by Gasteiger charge is -2.29. The molecule has 16 heavy (non-hydrogen) atoms. The first-order chi connectivity index (χ1) is 7.74. The van der Waals surface area contributed by atoms with Gasteiger partial charge in [0.25, 0.3) is 0 Å². The van der Waals surface area contributed by atoms with Crippen molar-refractivity contribution in [3.63, 3.8) is 0 Å². The zero-order chi connectivity index (χ0) is 11.8. The van der Waals surface area contributed by atoms with Crippen molar-refractivity contribution in [2.75, 3.05) is 13.7 Å². The van der Waals surface area contributed by atoms with E-state index in [0.29, 0.717) is 12.1 Å². The van der Waals surface area contributed by atoms with Crippen LogP contribution in [0.1, 0.15) is 58.8 Å². The van der Waals surface area contributed by atoms with Crippen LogP contribution < -0.4 is 5.32 Å². The number of hydrogen-bond donors (Lipinski definition) is 1. The van der Waals surface area contributed by atoms with Crippen LogP contribution in [-0.2, 0) is 4.74 Å². The number of nitrogens with one attached hydrogen (secondary N) is 1. The lowest BCUT2D eigenvalue weighted by atomic mass is 9.94. The van der Waals surface area contributed by atoms with Gasteiger partial charge in [0, 0.05) is 12.6 Å². The van der Waals surface area contributed by atoms with Gasteiger partial charge in [-0.3, -0.25) is 0 Å². The molecule has 1 aliphatic carbocycles. The van der Waals surface area contributed by atoms with Gasteiger partial charge in [-0.25, -0.2) is 0 Å². The van der Waals surface area contributed by atoms with E-state index in [1.54, 1.807) is 0 Å². The molecule has 2 nitrogen and oxygen atoms in total. The first-order valence-electron chi connectivity index (χ1n) is 7.03. The van der Waals surface area contributed by atoms with Crippen LogP contribution in [0.3, 0.4) is 0 Å². The zero-order valence-electron chi connectivity index (χ0n) is 11.3. The van der Waals surface area contributed by atoms with Crippen molar-refractivity contribution in [2.45, 2.75) is 70.9 Å². The summed E-state index contributed by atoms with van der Waals surface area (Å²) in [5.74, 6) is 0.751. The van der Waals surface area contributed by atoms with Crippen molar-refractivity contribution in [1.82, 2.24) is 5.32 Å². The molecular formula is C14H29NO. The fourth-order valence-corrected chi connectivity index (χ4v) is 2.44. The molecule has 2 atom stereocenters. The van der Waals surface area contributed by atoms with E-state index >= 15 is 0 Å². The Kier molecular flexibility index (Phi) is 7.06. The second-order valence-electron chi connectivity index (χ2n) is 5.48. The molecule has 0 heterocycles. The van der Waals surface area contributed by atoms with Gasteiger partial charge >= 0.3 is 0 Å². The molecule has 1 N–H and O–H groups in total. The van der Waals surface area contributed by atoms with E-state index in [-0.39, 0.29) is 0 Å². The zero-order valence-corrected chi connectivity index (χ0v) is 11.3. The fourth-order valence-electron chi connectivity index (χ4n) is 2.44. The molecule has 2 heteroatoms. The fraction of sp³-hybridized carbons (Fsp3) is 1.00. The normalized spacial score (nSPS) is 27.8. The Morgan fingerprint density at radius 3 is 2.44 bits per heavy atom. The second kappa shape index (κ2) is 8.08. The summed E-state index contributed by atoms with van der Waals surface area (Å²) in [6.45, 7) is 5.45. The van der Waals surface area contributed by atoms with E-state index in [9.17, 15) is 0 Å². The third kappa shape index (κ3) is 5.31. The highest BCUT2D eigenvalue weighted by atomic mass is 16.5. The quantitative estimate of drug-likeness (QED) is 0.777. The van der Waals surface area contributed by atoms with Crippen molar-refractivity contribution in [3.8, 4) is 0 Å². The minimum absolute atomic E-state index is 0.448. The van der Waals surface area contributed by atoms with Gasteiger partial charge in [0.05, 0.1) is 6.10 Å². The molecule has 0 spiro atoms. The molecule has 0 saturated heterocycles. The topological polar surface area (TPSA) is 21.3 Å². The van der Waals surface area contributed by atoms with Crippen LogP contribution in [0.5, 0.6) is 0 Å². The number of likely N-dealkylation sites (N-methyl/N-ethyl adjacent to an activating group) is 1. The van der Waals surface area contributed by atoms with Gasteiger partial charge in [0.15, 0.2) is 0 Å². The summed E-state index contributed by atoms with van der Waals surface area (Å²) in [6, 6.07) is 0.576. The molecule has 0 amide bonds. The van der Waals surface area contributed by atoms with Crippen LogP contribution in [0.2, 0.25) is 0 Å². The van der Waals surface area contributed by atoms with Gasteiger partial charge in [-0.05, 0) is 32.2 Å². The predicted octanol–water partition coefficient (Wildman–Crippen LogP) is 3.36. The van der Waals surface area contributed by atoms with Crippen molar-refractivity contribution >= 4 is 0 Å². The van der Waals surface area contributed by atoms with E-state index in [1.807, 2.05) is 0 Å². The van der Waals surface area contributed by atoms with Crippen LogP contribution in [0.25, 0.3) is 0 Å². The van der Waals surface area contributed by atoms with Gasteiger partial charge in [0.1, 0.15) is 0 Å². The summed E-state index contributed by atoms with van der Waals surface area (Å²) in [5, 5.41) is 3.43. The molecule has 0 aromatic carbocycles. The van der Waals surface area contributed by atoms with Crippen molar-refractivity contribution in [1.29, 1.82) is 0 Å². The summed E-state index contributed by atoms with van der Waals surface area (Å²) in [4.78, 5) is 0. The molecule has 0 aromatic heterocycles. The van der Waals surface area contributed by atoms with Crippen molar-refractivity contribution in [2.24, 2.45) is 5.92 Å². The third-order valence-corrected chi connectivity index (χ3v) is 3.60. The summed E-state index contributed by atoms with van der Waals surface area (Å²) in [7, 11) is 2.07. The SMILES string of the molecule is CNC1CCCCCCC1OCCC(C)C.